The number of aliphatic hydroxyl groups is 1. The van der Waals surface area contributed by atoms with Gasteiger partial charge in [-0.15, -0.1) is 0 Å². The van der Waals surface area contributed by atoms with Gasteiger partial charge >= 0.3 is 0 Å². The Morgan fingerprint density at radius 1 is 0.384 bits per heavy atom. The van der Waals surface area contributed by atoms with E-state index in [1.807, 2.05) is 179 Å². The van der Waals surface area contributed by atoms with Crippen LogP contribution in [-0.2, 0) is 26.2 Å². The predicted octanol–water partition coefficient (Wildman–Crippen LogP) is 9.57. The molecule has 0 radical (unpaired) electrons. The number of primary amides is 3. The molecule has 498 valence electrons. The number of hydrogen-bond donors (Lipinski definition) is 10. The van der Waals surface area contributed by atoms with Gasteiger partial charge in [-0.25, -0.2) is 14.0 Å². The largest absolute Gasteiger partial charge is 0.392 e. The summed E-state index contributed by atoms with van der Waals surface area (Å²) in [6.07, 6.45) is 3.23. The van der Waals surface area contributed by atoms with Crippen molar-refractivity contribution in [1.82, 2.24) is 50.3 Å². The Hall–Kier alpha value is -13.3. The first-order valence-corrected chi connectivity index (χ1v) is 31.2. The molecule has 0 aliphatic carbocycles. The zero-order valence-electron chi connectivity index (χ0n) is 54.6. The molecule has 16 N–H and O–H groups in total. The number of pyridine rings is 1. The number of anilines is 3. The number of carbonyl (C=O) groups excluding carboxylic acids is 6. The summed E-state index contributed by atoms with van der Waals surface area (Å²) in [7, 11) is 0. The number of rotatable bonds is 19. The minimum Gasteiger partial charge on any atom is -0.392 e. The van der Waals surface area contributed by atoms with Crippen molar-refractivity contribution in [2.75, 3.05) is 17.2 Å². The highest BCUT2D eigenvalue weighted by molar-refractivity contribution is 6.05. The Balaban J connectivity index is 0.000000161. The Kier molecular flexibility index (Phi) is 21.4. The van der Waals surface area contributed by atoms with Gasteiger partial charge in [-0.2, -0.15) is 15.3 Å². The summed E-state index contributed by atoms with van der Waals surface area (Å²) in [6, 6.07) is 62.6. The van der Waals surface area contributed by atoms with E-state index < -0.39 is 17.7 Å². The summed E-state index contributed by atoms with van der Waals surface area (Å²) in [6.45, 7) is 8.67. The third-order valence-corrected chi connectivity index (χ3v) is 16.2. The lowest BCUT2D eigenvalue weighted by molar-refractivity contribution is 0.0942. The molecule has 0 bridgehead atoms. The van der Waals surface area contributed by atoms with Crippen molar-refractivity contribution in [3.05, 3.63) is 297 Å². The van der Waals surface area contributed by atoms with Gasteiger partial charge in [0.1, 0.15) is 51.2 Å². The van der Waals surface area contributed by atoms with E-state index in [1.54, 1.807) is 67.0 Å². The molecule has 6 amide bonds. The molecular weight excluding hydrogens is 1250 g/mol. The Morgan fingerprint density at radius 2 is 0.717 bits per heavy atom. The molecule has 4 heterocycles. The number of amides is 6. The number of nitrogens with one attached hydrogen (secondary N) is 3. The number of aliphatic hydroxyl groups excluding tert-OH is 1. The van der Waals surface area contributed by atoms with E-state index in [0.717, 1.165) is 50.2 Å². The van der Waals surface area contributed by atoms with Crippen LogP contribution in [0.2, 0.25) is 0 Å². The fraction of sp³-hybridized carbons (Fsp3) is 0.105. The number of carbonyl (C=O) groups is 6. The maximum absolute atomic E-state index is 12.5. The molecule has 0 aliphatic heterocycles. The summed E-state index contributed by atoms with van der Waals surface area (Å²) < 4.78 is 4.42. The molecule has 0 saturated heterocycles. The van der Waals surface area contributed by atoms with Crippen molar-refractivity contribution in [1.29, 1.82) is 0 Å². The van der Waals surface area contributed by atoms with Crippen LogP contribution in [0.4, 0.5) is 17.5 Å². The summed E-state index contributed by atoms with van der Waals surface area (Å²) in [5.41, 5.74) is 50.3. The lowest BCUT2D eigenvalue weighted by atomic mass is 10.0. The van der Waals surface area contributed by atoms with Crippen LogP contribution in [0.3, 0.4) is 0 Å². The maximum Gasteiger partial charge on any atom is 0.254 e. The zero-order valence-corrected chi connectivity index (χ0v) is 54.6. The standard InChI is InChI=1S/C26H25N5O3.C26H25N5O2.C24H22N6O2/c1-16-4-2-3-5-21(16)26(34)29-14-17-6-10-19(11-7-17)23-22(25(28)33)24(27)31(30-23)20-12-8-18(15-32)9-13-20;1-16-6-5-8-20(14-16)31-24(27)22(25(28)32)23(30-31)19-12-10-18(11-13-19)15-29-26(33)21-9-4-3-7-17(21)2;1-15-5-2-3-7-19(15)24(32)28-13-16-8-10-17(11-9-16)21-20(23(26)31)22(25)30(29-21)18-6-4-12-27-14-18/h2-13,32H,14-15,27H2,1H3,(H2,28,33)(H,29,34);3-14H,15,27H2,1-2H3,(H2,28,32)(H,29,33);2-12,14H,13,25H2,1H3,(H2,26,31)(H,28,32). The molecule has 0 atom stereocenters. The van der Waals surface area contributed by atoms with Crippen molar-refractivity contribution in [3.63, 3.8) is 0 Å². The van der Waals surface area contributed by atoms with Crippen molar-refractivity contribution >= 4 is 52.9 Å². The van der Waals surface area contributed by atoms with Crippen LogP contribution in [-0.4, -0.2) is 74.9 Å². The first-order valence-electron chi connectivity index (χ1n) is 31.2. The average molecular weight is 1320 g/mol. The molecule has 0 saturated carbocycles. The maximum atomic E-state index is 12.5. The zero-order chi connectivity index (χ0) is 70.4. The van der Waals surface area contributed by atoms with Gasteiger partial charge in [-0.1, -0.05) is 152 Å². The van der Waals surface area contributed by atoms with Crippen LogP contribution in [0.1, 0.15) is 107 Å². The second-order valence-electron chi connectivity index (χ2n) is 23.1. The van der Waals surface area contributed by atoms with Gasteiger partial charge in [0.05, 0.1) is 29.9 Å². The third-order valence-electron chi connectivity index (χ3n) is 16.2. The number of nitrogen functional groups attached to an aromatic ring is 3. The highest BCUT2D eigenvalue weighted by Gasteiger charge is 2.26. The van der Waals surface area contributed by atoms with E-state index in [0.29, 0.717) is 81.5 Å². The molecule has 12 rings (SSSR count). The Morgan fingerprint density at radius 3 is 1.04 bits per heavy atom. The molecule has 23 heteroatoms. The third kappa shape index (κ3) is 15.9. The molecule has 0 fully saturated rings. The molecule has 8 aromatic carbocycles. The molecule has 0 unspecified atom stereocenters. The first-order chi connectivity index (χ1) is 47.7. The second kappa shape index (κ2) is 30.9. The van der Waals surface area contributed by atoms with Crippen LogP contribution < -0.4 is 50.4 Å². The number of benzene rings is 8. The van der Waals surface area contributed by atoms with E-state index in [4.69, 9.17) is 34.4 Å². The Bertz CT molecular complexity index is 4950. The number of aryl methyl sites for hydroxylation is 4. The lowest BCUT2D eigenvalue weighted by Gasteiger charge is -2.08. The second-order valence-corrected chi connectivity index (χ2v) is 23.1. The van der Waals surface area contributed by atoms with Gasteiger partial charge in [0.15, 0.2) is 0 Å². The van der Waals surface area contributed by atoms with Crippen molar-refractivity contribution < 1.29 is 33.9 Å². The van der Waals surface area contributed by atoms with Gasteiger partial charge in [0.2, 0.25) is 0 Å². The van der Waals surface area contributed by atoms with Gasteiger partial charge in [-0.05, 0) is 127 Å². The van der Waals surface area contributed by atoms with Crippen LogP contribution in [0.5, 0.6) is 0 Å². The number of nitrogens with two attached hydrogens (primary N) is 6. The SMILES string of the molecule is Cc1cccc(-n2nc(-c3ccc(CNC(=O)c4ccccc4C)cc3)c(C(N)=O)c2N)c1.Cc1ccccc1C(=O)NCc1ccc(-c2nn(-c3ccc(CO)cc3)c(N)c2C(N)=O)cc1.Cc1ccccc1C(=O)NCc1ccc(-c2nn(-c3cccnc3)c(N)c2C(N)=O)cc1. The quantitative estimate of drug-likeness (QED) is 0.0360. The van der Waals surface area contributed by atoms with Crippen molar-refractivity contribution in [3.8, 4) is 50.8 Å². The van der Waals surface area contributed by atoms with E-state index in [1.165, 1.54) is 14.0 Å². The van der Waals surface area contributed by atoms with Crippen LogP contribution in [0.25, 0.3) is 50.8 Å². The van der Waals surface area contributed by atoms with Gasteiger partial charge in [-0.3, -0.25) is 33.8 Å². The highest BCUT2D eigenvalue weighted by atomic mass is 16.3. The van der Waals surface area contributed by atoms with E-state index in [2.05, 4.69) is 36.2 Å². The van der Waals surface area contributed by atoms with Gasteiger partial charge < -0.3 is 55.5 Å². The van der Waals surface area contributed by atoms with Gasteiger partial charge in [0, 0.05) is 59.2 Å². The lowest BCUT2D eigenvalue weighted by Crippen LogP contribution is -2.23. The van der Waals surface area contributed by atoms with Crippen LogP contribution >= 0.6 is 0 Å². The Labute approximate surface area is 570 Å². The van der Waals surface area contributed by atoms with Crippen LogP contribution in [0, 0.1) is 27.7 Å². The normalized spacial score (nSPS) is 10.7. The number of nitrogens with zero attached hydrogens (tertiary/aromatic N) is 7. The summed E-state index contributed by atoms with van der Waals surface area (Å²) in [4.78, 5) is 77.9. The molecule has 12 aromatic rings. The van der Waals surface area contributed by atoms with Crippen molar-refractivity contribution in [2.45, 2.75) is 53.9 Å². The topological polar surface area (TPSA) is 381 Å². The van der Waals surface area contributed by atoms with Crippen molar-refractivity contribution in [2.24, 2.45) is 17.2 Å². The smallest absolute Gasteiger partial charge is 0.254 e. The summed E-state index contributed by atoms with van der Waals surface area (Å²) in [5, 5.41) is 31.7. The molecule has 0 spiro atoms. The number of aromatic nitrogens is 7. The van der Waals surface area contributed by atoms with Crippen LogP contribution in [0.15, 0.2) is 219 Å². The number of hydrogen-bond acceptors (Lipinski definition) is 14. The first kappa shape index (κ1) is 68.6. The molecule has 0 aliphatic rings. The monoisotopic (exact) mass is 1320 g/mol. The molecule has 4 aromatic heterocycles. The highest BCUT2D eigenvalue weighted by Crippen LogP contribution is 2.33. The van der Waals surface area contributed by atoms with E-state index >= 15 is 0 Å². The van der Waals surface area contributed by atoms with E-state index in [-0.39, 0.29) is 58.5 Å². The molecule has 99 heavy (non-hydrogen) atoms. The van der Waals surface area contributed by atoms with Gasteiger partial charge in [0.25, 0.3) is 35.4 Å². The fourth-order valence-corrected chi connectivity index (χ4v) is 10.9. The molecule has 23 nitrogen and oxygen atoms in total. The van der Waals surface area contributed by atoms with E-state index in [9.17, 15) is 33.9 Å². The fourth-order valence-electron chi connectivity index (χ4n) is 10.9. The average Bonchev–Trinajstić information content (AvgIpc) is 1.65. The summed E-state index contributed by atoms with van der Waals surface area (Å²) in [5.74, 6) is -1.92. The minimum atomic E-state index is -0.680. The minimum absolute atomic E-state index is 0.0790. The predicted molar refractivity (Wildman–Crippen MR) is 381 cm³/mol. The summed E-state index contributed by atoms with van der Waals surface area (Å²) >= 11 is 0. The molecular formula is C76H72N16O7.